The first-order valence-corrected chi connectivity index (χ1v) is 10.5. The first-order valence-electron chi connectivity index (χ1n) is 9.75. The van der Waals surface area contributed by atoms with E-state index in [2.05, 4.69) is 16.0 Å². The molecule has 0 aliphatic rings. The maximum Gasteiger partial charge on any atom is 0.273 e. The first kappa shape index (κ1) is 26.7. The zero-order chi connectivity index (χ0) is 23.1. The second-order valence-corrected chi connectivity index (χ2v) is 7.20. The number of hydrogen-bond donors (Lipinski definition) is 4. The van der Waals surface area contributed by atoms with Crippen molar-refractivity contribution in [2.45, 2.75) is 20.4 Å². The van der Waals surface area contributed by atoms with Gasteiger partial charge in [0.2, 0.25) is 0 Å². The summed E-state index contributed by atoms with van der Waals surface area (Å²) in [5.74, 6) is 0.190. The van der Waals surface area contributed by atoms with Crippen LogP contribution >= 0.6 is 23.2 Å². The lowest BCUT2D eigenvalue weighted by Crippen LogP contribution is -2.36. The summed E-state index contributed by atoms with van der Waals surface area (Å²) in [6, 6.07) is 5.35. The number of hydrogen-bond acceptors (Lipinski definition) is 6. The highest BCUT2D eigenvalue weighted by Crippen LogP contribution is 2.22. The second-order valence-electron chi connectivity index (χ2n) is 6.38. The zero-order valence-corrected chi connectivity index (χ0v) is 19.6. The number of allylic oxidation sites excluding steroid dienone is 2. The van der Waals surface area contributed by atoms with E-state index in [1.54, 1.807) is 32.2 Å². The Kier molecular flexibility index (Phi) is 13.3. The lowest BCUT2D eigenvalue weighted by molar-refractivity contribution is -0.117. The highest BCUT2D eigenvalue weighted by molar-refractivity contribution is 6.42. The Bertz CT molecular complexity index is 823. The topological polar surface area (TPSA) is 95.5 Å². The summed E-state index contributed by atoms with van der Waals surface area (Å²) in [5, 5.41) is 17.5. The van der Waals surface area contributed by atoms with Crippen LogP contribution in [0, 0.1) is 5.41 Å². The molecule has 0 unspecified atom stereocenters. The fourth-order valence-electron chi connectivity index (χ4n) is 2.33. The molecule has 170 valence electrons. The standard InChI is InChI=1S/C22H30Cl2N4O3/c1-4-20(27-15-17-7-8-18(23)19(24)13-17)28-22(29)21(16(2)14-25)26-9-5-6-10-31-12-11-30-3/h4-8,13-14,25-27H,9-12,15H2,1-3H3,(H,28,29)/b6-5+,20-4?,21-16-,25-14?. The number of amides is 1. The number of benzene rings is 1. The van der Waals surface area contributed by atoms with Gasteiger partial charge in [0.05, 0.1) is 29.9 Å². The summed E-state index contributed by atoms with van der Waals surface area (Å²) in [4.78, 5) is 12.7. The number of rotatable bonds is 14. The summed E-state index contributed by atoms with van der Waals surface area (Å²) in [7, 11) is 1.62. The number of carbonyl (C=O) groups is 1. The van der Waals surface area contributed by atoms with Gasteiger partial charge in [-0.25, -0.2) is 0 Å². The zero-order valence-electron chi connectivity index (χ0n) is 18.1. The average molecular weight is 469 g/mol. The van der Waals surface area contributed by atoms with Gasteiger partial charge in [0.15, 0.2) is 0 Å². The van der Waals surface area contributed by atoms with Crippen LogP contribution in [0.5, 0.6) is 0 Å². The van der Waals surface area contributed by atoms with Crippen molar-refractivity contribution in [3.05, 3.63) is 69.1 Å². The summed E-state index contributed by atoms with van der Waals surface area (Å²) < 4.78 is 10.2. The molecule has 0 fully saturated rings. The average Bonchev–Trinajstić information content (AvgIpc) is 2.77. The van der Waals surface area contributed by atoms with E-state index >= 15 is 0 Å². The van der Waals surface area contributed by atoms with Crippen LogP contribution in [0.3, 0.4) is 0 Å². The van der Waals surface area contributed by atoms with Crippen molar-refractivity contribution < 1.29 is 14.3 Å². The van der Waals surface area contributed by atoms with Gasteiger partial charge in [-0.1, -0.05) is 41.4 Å². The molecule has 0 radical (unpaired) electrons. The quantitative estimate of drug-likeness (QED) is 0.144. The minimum absolute atomic E-state index is 0.315. The van der Waals surface area contributed by atoms with Crippen molar-refractivity contribution >= 4 is 35.3 Å². The van der Waals surface area contributed by atoms with E-state index in [1.807, 2.05) is 25.1 Å². The predicted octanol–water partition coefficient (Wildman–Crippen LogP) is 3.79. The van der Waals surface area contributed by atoms with Gasteiger partial charge in [-0.3, -0.25) is 4.79 Å². The molecule has 0 saturated carbocycles. The Morgan fingerprint density at radius 2 is 1.94 bits per heavy atom. The van der Waals surface area contributed by atoms with Crippen molar-refractivity contribution in [1.29, 1.82) is 5.41 Å². The Balaban J connectivity index is 2.61. The van der Waals surface area contributed by atoms with Gasteiger partial charge in [-0.2, -0.15) is 0 Å². The highest BCUT2D eigenvalue weighted by atomic mass is 35.5. The molecule has 0 spiro atoms. The first-order chi connectivity index (χ1) is 14.9. The largest absolute Gasteiger partial charge is 0.382 e. The van der Waals surface area contributed by atoms with Crippen LogP contribution in [0.4, 0.5) is 0 Å². The molecule has 0 heterocycles. The van der Waals surface area contributed by atoms with Crippen LogP contribution in [0.15, 0.2) is 53.5 Å². The van der Waals surface area contributed by atoms with Gasteiger partial charge in [-0.05, 0) is 43.2 Å². The second kappa shape index (κ2) is 15.5. The normalized spacial score (nSPS) is 12.5. The van der Waals surface area contributed by atoms with Crippen LogP contribution in [-0.2, 0) is 20.8 Å². The molecule has 0 saturated heterocycles. The van der Waals surface area contributed by atoms with E-state index in [1.165, 1.54) is 0 Å². The van der Waals surface area contributed by atoms with Crippen LogP contribution in [0.25, 0.3) is 0 Å². The van der Waals surface area contributed by atoms with E-state index in [9.17, 15) is 4.79 Å². The minimum atomic E-state index is -0.347. The molecule has 1 rings (SSSR count). The molecule has 0 bridgehead atoms. The maximum absolute atomic E-state index is 12.7. The van der Waals surface area contributed by atoms with Gasteiger partial charge in [0.1, 0.15) is 11.5 Å². The third kappa shape index (κ3) is 10.5. The third-order valence-corrected chi connectivity index (χ3v) is 4.79. The van der Waals surface area contributed by atoms with E-state index in [-0.39, 0.29) is 5.91 Å². The third-order valence-electron chi connectivity index (χ3n) is 4.05. The molecule has 7 nitrogen and oxygen atoms in total. The Morgan fingerprint density at radius 1 is 1.16 bits per heavy atom. The summed E-state index contributed by atoms with van der Waals surface area (Å²) in [6.07, 6.45) is 6.60. The van der Waals surface area contributed by atoms with Gasteiger partial charge < -0.3 is 30.8 Å². The van der Waals surface area contributed by atoms with E-state index in [4.69, 9.17) is 38.1 Å². The predicted molar refractivity (Wildman–Crippen MR) is 127 cm³/mol. The van der Waals surface area contributed by atoms with Crippen LogP contribution in [0.1, 0.15) is 19.4 Å². The SMILES string of the molecule is CC=C(NCc1ccc(Cl)c(Cl)c1)NC(=O)/C(NC/C=C/COCCOC)=C(\C)C=N. The van der Waals surface area contributed by atoms with Crippen molar-refractivity contribution in [3.8, 4) is 0 Å². The molecule has 9 heteroatoms. The van der Waals surface area contributed by atoms with Crippen molar-refractivity contribution in [1.82, 2.24) is 16.0 Å². The minimum Gasteiger partial charge on any atom is -0.382 e. The van der Waals surface area contributed by atoms with Gasteiger partial charge in [-0.15, -0.1) is 0 Å². The molecule has 31 heavy (non-hydrogen) atoms. The van der Waals surface area contributed by atoms with Crippen LogP contribution in [-0.4, -0.2) is 45.6 Å². The summed E-state index contributed by atoms with van der Waals surface area (Å²) >= 11 is 12.0. The Hall–Kier alpha value is -2.32. The molecule has 1 amide bonds. The number of nitrogens with one attached hydrogen (secondary N) is 4. The molecular formula is C22H30Cl2N4O3. The highest BCUT2D eigenvalue weighted by Gasteiger charge is 2.13. The smallest absolute Gasteiger partial charge is 0.273 e. The molecule has 0 aromatic heterocycles. The van der Waals surface area contributed by atoms with Crippen molar-refractivity contribution in [3.63, 3.8) is 0 Å². The van der Waals surface area contributed by atoms with Gasteiger partial charge >= 0.3 is 0 Å². The molecule has 0 aliphatic carbocycles. The number of halogens is 2. The number of carbonyl (C=O) groups excluding carboxylic acids is 1. The molecular weight excluding hydrogens is 439 g/mol. The van der Waals surface area contributed by atoms with E-state index in [0.29, 0.717) is 60.0 Å². The van der Waals surface area contributed by atoms with Crippen molar-refractivity contribution in [2.75, 3.05) is 33.5 Å². The molecule has 1 aromatic carbocycles. The van der Waals surface area contributed by atoms with Crippen LogP contribution < -0.4 is 16.0 Å². The van der Waals surface area contributed by atoms with Gasteiger partial charge in [0, 0.05) is 26.4 Å². The Labute approximate surface area is 194 Å². The van der Waals surface area contributed by atoms with Gasteiger partial charge in [0.25, 0.3) is 5.91 Å². The van der Waals surface area contributed by atoms with E-state index < -0.39 is 0 Å². The molecule has 1 aromatic rings. The molecule has 0 atom stereocenters. The van der Waals surface area contributed by atoms with Crippen LogP contribution in [0.2, 0.25) is 10.0 Å². The lowest BCUT2D eigenvalue weighted by atomic mass is 10.2. The fraction of sp³-hybridized carbons (Fsp3) is 0.364. The number of ether oxygens (including phenoxy) is 2. The maximum atomic E-state index is 12.7. The fourth-order valence-corrected chi connectivity index (χ4v) is 2.65. The summed E-state index contributed by atoms with van der Waals surface area (Å²) in [5.41, 5.74) is 1.75. The van der Waals surface area contributed by atoms with Crippen molar-refractivity contribution in [2.24, 2.45) is 0 Å². The molecule has 4 N–H and O–H groups in total. The number of methoxy groups -OCH3 is 1. The lowest BCUT2D eigenvalue weighted by Gasteiger charge is -2.16. The summed E-state index contributed by atoms with van der Waals surface area (Å²) in [6.45, 7) is 5.92. The molecule has 0 aliphatic heterocycles. The Morgan fingerprint density at radius 3 is 2.58 bits per heavy atom. The van der Waals surface area contributed by atoms with E-state index in [0.717, 1.165) is 11.8 Å². The monoisotopic (exact) mass is 468 g/mol.